The van der Waals surface area contributed by atoms with Crippen molar-refractivity contribution >= 4 is 6.09 Å². The van der Waals surface area contributed by atoms with Crippen molar-refractivity contribution in [3.63, 3.8) is 0 Å². The van der Waals surface area contributed by atoms with Gasteiger partial charge in [0.25, 0.3) is 0 Å². The lowest BCUT2D eigenvalue weighted by molar-refractivity contribution is 0.0288. The predicted molar refractivity (Wildman–Crippen MR) is 90.2 cm³/mol. The standard InChI is InChI=1S/C18H27N3O3/c1-18(2,3)24-17(22)21-8-7-12(11-21)9-15-19-10-14(13-5-6-13)16(20-15)23-4/h10,12-13H,5-9,11H2,1-4H3/t12-/m0/s1. The van der Waals surface area contributed by atoms with E-state index in [1.165, 1.54) is 12.8 Å². The van der Waals surface area contributed by atoms with Crippen LogP contribution in [0.4, 0.5) is 4.79 Å². The zero-order chi connectivity index (χ0) is 17.3. The highest BCUT2D eigenvalue weighted by Gasteiger charge is 2.31. The van der Waals surface area contributed by atoms with Crippen LogP contribution in [0.2, 0.25) is 0 Å². The molecule has 1 saturated carbocycles. The first-order valence-corrected chi connectivity index (χ1v) is 8.73. The molecular weight excluding hydrogens is 306 g/mol. The second kappa shape index (κ2) is 6.57. The van der Waals surface area contributed by atoms with Gasteiger partial charge in [-0.15, -0.1) is 0 Å². The van der Waals surface area contributed by atoms with E-state index in [0.717, 1.165) is 30.8 Å². The number of hydrogen-bond acceptors (Lipinski definition) is 5. The first-order chi connectivity index (χ1) is 11.4. The summed E-state index contributed by atoms with van der Waals surface area (Å²) in [5, 5.41) is 0. The van der Waals surface area contributed by atoms with Gasteiger partial charge in [0.1, 0.15) is 11.4 Å². The number of amides is 1. The molecule has 0 spiro atoms. The molecule has 2 aliphatic rings. The van der Waals surface area contributed by atoms with Gasteiger partial charge < -0.3 is 14.4 Å². The quantitative estimate of drug-likeness (QED) is 0.847. The van der Waals surface area contributed by atoms with Crippen molar-refractivity contribution in [2.75, 3.05) is 20.2 Å². The molecule has 0 aromatic carbocycles. The zero-order valence-electron chi connectivity index (χ0n) is 15.0. The van der Waals surface area contributed by atoms with Crippen LogP contribution in [-0.4, -0.2) is 46.8 Å². The van der Waals surface area contributed by atoms with Gasteiger partial charge in [-0.2, -0.15) is 4.98 Å². The lowest BCUT2D eigenvalue weighted by Crippen LogP contribution is -2.35. The van der Waals surface area contributed by atoms with E-state index in [2.05, 4.69) is 9.97 Å². The van der Waals surface area contributed by atoms with Gasteiger partial charge in [-0.05, 0) is 51.9 Å². The van der Waals surface area contributed by atoms with Crippen LogP contribution in [0.15, 0.2) is 6.20 Å². The van der Waals surface area contributed by atoms with E-state index in [4.69, 9.17) is 9.47 Å². The molecule has 6 heteroatoms. The normalized spacial score (nSPS) is 21.0. The summed E-state index contributed by atoms with van der Waals surface area (Å²) in [5.41, 5.74) is 0.674. The first kappa shape index (κ1) is 17.0. The largest absolute Gasteiger partial charge is 0.481 e. The fourth-order valence-corrected chi connectivity index (χ4v) is 3.10. The maximum atomic E-state index is 12.1. The van der Waals surface area contributed by atoms with Gasteiger partial charge in [0.2, 0.25) is 5.88 Å². The molecule has 0 bridgehead atoms. The summed E-state index contributed by atoms with van der Waals surface area (Å²) in [6.07, 6.45) is 5.81. The van der Waals surface area contributed by atoms with Crippen molar-refractivity contribution in [2.45, 2.75) is 58.0 Å². The molecule has 1 saturated heterocycles. The van der Waals surface area contributed by atoms with E-state index >= 15 is 0 Å². The van der Waals surface area contributed by atoms with Gasteiger partial charge in [0.05, 0.1) is 7.11 Å². The van der Waals surface area contributed by atoms with Gasteiger partial charge in [-0.1, -0.05) is 0 Å². The SMILES string of the molecule is COc1nc(C[C@@H]2CCN(C(=O)OC(C)(C)C)C2)ncc1C1CC1. The summed E-state index contributed by atoms with van der Waals surface area (Å²) in [4.78, 5) is 23.0. The molecule has 6 nitrogen and oxygen atoms in total. The molecule has 132 valence electrons. The Bertz CT molecular complexity index is 608. The summed E-state index contributed by atoms with van der Waals surface area (Å²) in [7, 11) is 1.66. The smallest absolute Gasteiger partial charge is 0.410 e. The molecule has 0 N–H and O–H groups in total. The molecule has 1 aromatic rings. The van der Waals surface area contributed by atoms with Crippen molar-refractivity contribution in [3.05, 3.63) is 17.6 Å². The molecule has 24 heavy (non-hydrogen) atoms. The van der Waals surface area contributed by atoms with Gasteiger partial charge >= 0.3 is 6.09 Å². The molecular formula is C18H27N3O3. The van der Waals surface area contributed by atoms with Crippen molar-refractivity contribution in [1.29, 1.82) is 0 Å². The Hall–Kier alpha value is -1.85. The van der Waals surface area contributed by atoms with Crippen LogP contribution in [0.3, 0.4) is 0 Å². The number of hydrogen-bond donors (Lipinski definition) is 0. The van der Waals surface area contributed by atoms with Crippen LogP contribution in [0, 0.1) is 5.92 Å². The Kier molecular flexibility index (Phi) is 4.65. The third-order valence-corrected chi connectivity index (χ3v) is 4.45. The minimum Gasteiger partial charge on any atom is -0.481 e. The first-order valence-electron chi connectivity index (χ1n) is 8.73. The fourth-order valence-electron chi connectivity index (χ4n) is 3.10. The minimum absolute atomic E-state index is 0.229. The lowest BCUT2D eigenvalue weighted by atomic mass is 10.0. The highest BCUT2D eigenvalue weighted by Crippen LogP contribution is 2.43. The van der Waals surface area contributed by atoms with Gasteiger partial charge in [0, 0.05) is 31.3 Å². The number of ether oxygens (including phenoxy) is 2. The fraction of sp³-hybridized carbons (Fsp3) is 0.722. The summed E-state index contributed by atoms with van der Waals surface area (Å²) in [5.74, 6) is 2.45. The Labute approximate surface area is 143 Å². The van der Waals surface area contributed by atoms with E-state index in [1.54, 1.807) is 12.0 Å². The highest BCUT2D eigenvalue weighted by atomic mass is 16.6. The average Bonchev–Trinajstić information content (AvgIpc) is 3.24. The van der Waals surface area contributed by atoms with Crippen molar-refractivity contribution in [3.8, 4) is 5.88 Å². The van der Waals surface area contributed by atoms with Crippen molar-refractivity contribution < 1.29 is 14.3 Å². The molecule has 3 rings (SSSR count). The molecule has 1 atom stereocenters. The molecule has 1 amide bonds. The van der Waals surface area contributed by atoms with Crippen LogP contribution in [-0.2, 0) is 11.2 Å². The molecule has 2 heterocycles. The molecule has 1 aliphatic carbocycles. The Morgan fingerprint density at radius 2 is 2.08 bits per heavy atom. The van der Waals surface area contributed by atoms with Crippen molar-refractivity contribution in [2.24, 2.45) is 5.92 Å². The third-order valence-electron chi connectivity index (χ3n) is 4.45. The number of rotatable bonds is 4. The van der Waals surface area contributed by atoms with E-state index in [0.29, 0.717) is 24.3 Å². The van der Waals surface area contributed by atoms with Crippen LogP contribution >= 0.6 is 0 Å². The lowest BCUT2D eigenvalue weighted by Gasteiger charge is -2.24. The molecule has 0 radical (unpaired) electrons. The summed E-state index contributed by atoms with van der Waals surface area (Å²) in [6, 6.07) is 0. The van der Waals surface area contributed by atoms with Gasteiger partial charge in [-0.25, -0.2) is 9.78 Å². The molecule has 0 unspecified atom stereocenters. The Morgan fingerprint density at radius 3 is 2.71 bits per heavy atom. The number of likely N-dealkylation sites (tertiary alicyclic amines) is 1. The maximum Gasteiger partial charge on any atom is 0.410 e. The van der Waals surface area contributed by atoms with Gasteiger partial charge in [-0.3, -0.25) is 0 Å². The second-order valence-corrected chi connectivity index (χ2v) is 7.81. The number of aromatic nitrogens is 2. The highest BCUT2D eigenvalue weighted by molar-refractivity contribution is 5.68. The molecule has 1 aromatic heterocycles. The van der Waals surface area contributed by atoms with Crippen molar-refractivity contribution in [1.82, 2.24) is 14.9 Å². The van der Waals surface area contributed by atoms with E-state index in [-0.39, 0.29) is 6.09 Å². The number of carbonyl (C=O) groups is 1. The van der Waals surface area contributed by atoms with Crippen LogP contribution < -0.4 is 4.74 Å². The van der Waals surface area contributed by atoms with Crippen LogP contribution in [0.25, 0.3) is 0 Å². The summed E-state index contributed by atoms with van der Waals surface area (Å²) in [6.45, 7) is 7.10. The van der Waals surface area contributed by atoms with Crippen LogP contribution in [0.5, 0.6) is 5.88 Å². The second-order valence-electron chi connectivity index (χ2n) is 7.81. The van der Waals surface area contributed by atoms with E-state index in [1.807, 2.05) is 27.0 Å². The Morgan fingerprint density at radius 1 is 1.33 bits per heavy atom. The Balaban J connectivity index is 1.58. The minimum atomic E-state index is -0.454. The predicted octanol–water partition coefficient (Wildman–Crippen LogP) is 3.16. The van der Waals surface area contributed by atoms with E-state index < -0.39 is 5.60 Å². The molecule has 2 fully saturated rings. The molecule has 1 aliphatic heterocycles. The summed E-state index contributed by atoms with van der Waals surface area (Å²) >= 11 is 0. The van der Waals surface area contributed by atoms with E-state index in [9.17, 15) is 4.79 Å². The summed E-state index contributed by atoms with van der Waals surface area (Å²) < 4.78 is 10.9. The topological polar surface area (TPSA) is 64.5 Å². The zero-order valence-corrected chi connectivity index (χ0v) is 15.0. The number of methoxy groups -OCH3 is 1. The third kappa shape index (κ3) is 4.16. The maximum absolute atomic E-state index is 12.1. The average molecular weight is 333 g/mol. The number of carbonyl (C=O) groups excluding carboxylic acids is 1. The monoisotopic (exact) mass is 333 g/mol. The van der Waals surface area contributed by atoms with Crippen LogP contribution in [0.1, 0.15) is 57.3 Å². The number of nitrogens with zero attached hydrogens (tertiary/aromatic N) is 3. The van der Waals surface area contributed by atoms with Gasteiger partial charge in [0.15, 0.2) is 0 Å².